The van der Waals surface area contributed by atoms with E-state index in [-0.39, 0.29) is 0 Å². The van der Waals surface area contributed by atoms with Gasteiger partial charge >= 0.3 is 0 Å². The number of nitrogens with two attached hydrogens (primary N) is 1. The highest BCUT2D eigenvalue weighted by Gasteiger charge is 1.99. The molecule has 0 amide bonds. The third-order valence-electron chi connectivity index (χ3n) is 1.33. The lowest BCUT2D eigenvalue weighted by molar-refractivity contribution is 0.490. The van der Waals surface area contributed by atoms with Crippen molar-refractivity contribution in [2.24, 2.45) is 11.7 Å². The monoisotopic (exact) mass is 221 g/mol. The summed E-state index contributed by atoms with van der Waals surface area (Å²) >= 11 is 0. The van der Waals surface area contributed by atoms with Gasteiger partial charge in [-0.3, -0.25) is 4.55 Å². The number of rotatable bonds is 5. The minimum atomic E-state index is -3.67. The van der Waals surface area contributed by atoms with E-state index in [9.17, 15) is 8.42 Å². The van der Waals surface area contributed by atoms with Crippen molar-refractivity contribution in [1.29, 1.82) is 0 Å². The van der Waals surface area contributed by atoms with Crippen LogP contribution in [0.1, 0.15) is 12.8 Å². The van der Waals surface area contributed by atoms with Gasteiger partial charge in [-0.25, -0.2) is 0 Å². The smallest absolute Gasteiger partial charge is 0.261 e. The van der Waals surface area contributed by atoms with Gasteiger partial charge in [0.15, 0.2) is 0 Å². The van der Waals surface area contributed by atoms with Gasteiger partial charge in [0.25, 0.3) is 10.1 Å². The second kappa shape index (κ2) is 8.93. The maximum absolute atomic E-state index is 9.19. The molecule has 0 radical (unpaired) electrons. The summed E-state index contributed by atoms with van der Waals surface area (Å²) in [4.78, 5) is 0. The minimum Gasteiger partial charge on any atom is -0.330 e. The summed E-state index contributed by atoms with van der Waals surface area (Å²) < 4.78 is 25.9. The van der Waals surface area contributed by atoms with Gasteiger partial charge in [0.2, 0.25) is 0 Å². The van der Waals surface area contributed by atoms with Crippen LogP contribution < -0.4 is 5.73 Å². The third-order valence-corrected chi connectivity index (χ3v) is 1.33. The zero-order chi connectivity index (χ0) is 11.6. The molecule has 0 aliphatic rings. The molecule has 0 aromatic heterocycles. The molecule has 0 saturated heterocycles. The standard InChI is InChI=1S/C8H15N.CH4O3S/c1-3-5-8(7-9)6-4-2;1-5(2,3)4/h3-4,8H,1-2,5-7,9H2;1H3,(H,2,3,4). The lowest BCUT2D eigenvalue weighted by Crippen LogP contribution is -2.12. The molecule has 4 nitrogen and oxygen atoms in total. The van der Waals surface area contributed by atoms with Crippen LogP contribution in [0.25, 0.3) is 0 Å². The second-order valence-electron chi connectivity index (χ2n) is 2.88. The zero-order valence-electron chi connectivity index (χ0n) is 8.52. The van der Waals surface area contributed by atoms with E-state index in [4.69, 9.17) is 10.3 Å². The Bertz CT molecular complexity index is 229. The van der Waals surface area contributed by atoms with Crippen LogP contribution in [0, 0.1) is 5.92 Å². The van der Waals surface area contributed by atoms with E-state index in [1.54, 1.807) is 0 Å². The Morgan fingerprint density at radius 2 is 1.64 bits per heavy atom. The van der Waals surface area contributed by atoms with Crippen molar-refractivity contribution in [3.05, 3.63) is 25.3 Å². The first-order chi connectivity index (χ1) is 6.35. The average molecular weight is 221 g/mol. The SMILES string of the molecule is C=CCC(CN)CC=C.CS(=O)(=O)O. The Balaban J connectivity index is 0. The Morgan fingerprint density at radius 1 is 1.36 bits per heavy atom. The molecule has 14 heavy (non-hydrogen) atoms. The summed E-state index contributed by atoms with van der Waals surface area (Å²) in [7, 11) is -3.67. The van der Waals surface area contributed by atoms with Crippen LogP contribution in [0.15, 0.2) is 25.3 Å². The fraction of sp³-hybridized carbons (Fsp3) is 0.556. The average Bonchev–Trinajstić information content (AvgIpc) is 2.01. The van der Waals surface area contributed by atoms with Crippen LogP contribution in [0.4, 0.5) is 0 Å². The lowest BCUT2D eigenvalue weighted by atomic mass is 10.0. The summed E-state index contributed by atoms with van der Waals surface area (Å²) in [5.41, 5.74) is 5.45. The van der Waals surface area contributed by atoms with E-state index in [0.29, 0.717) is 12.2 Å². The van der Waals surface area contributed by atoms with Gasteiger partial charge < -0.3 is 5.73 Å². The maximum Gasteiger partial charge on any atom is 0.261 e. The summed E-state index contributed by atoms with van der Waals surface area (Å²) in [5.74, 6) is 0.556. The predicted octanol–water partition coefficient (Wildman–Crippen LogP) is 1.22. The van der Waals surface area contributed by atoms with E-state index in [0.717, 1.165) is 19.4 Å². The van der Waals surface area contributed by atoms with E-state index < -0.39 is 10.1 Å². The van der Waals surface area contributed by atoms with Gasteiger partial charge in [0, 0.05) is 0 Å². The van der Waals surface area contributed by atoms with E-state index in [2.05, 4.69) is 13.2 Å². The van der Waals surface area contributed by atoms with Gasteiger partial charge in [-0.2, -0.15) is 8.42 Å². The molecule has 0 aromatic carbocycles. The number of hydrogen-bond donors (Lipinski definition) is 2. The Kier molecular flexibility index (Phi) is 10.1. The quantitative estimate of drug-likeness (QED) is 0.540. The van der Waals surface area contributed by atoms with Crippen LogP contribution in [0.3, 0.4) is 0 Å². The molecular weight excluding hydrogens is 202 g/mol. The molecule has 0 aliphatic carbocycles. The van der Waals surface area contributed by atoms with Gasteiger partial charge in [-0.05, 0) is 25.3 Å². The van der Waals surface area contributed by atoms with Crippen molar-refractivity contribution in [1.82, 2.24) is 0 Å². The summed E-state index contributed by atoms with van der Waals surface area (Å²) in [6.07, 6.45) is 6.53. The van der Waals surface area contributed by atoms with Gasteiger partial charge in [0.1, 0.15) is 0 Å². The lowest BCUT2D eigenvalue weighted by Gasteiger charge is -2.07. The Morgan fingerprint density at radius 3 is 1.79 bits per heavy atom. The summed E-state index contributed by atoms with van der Waals surface area (Å²) in [6.45, 7) is 8.02. The zero-order valence-corrected chi connectivity index (χ0v) is 9.33. The molecule has 0 aliphatic heterocycles. The van der Waals surface area contributed by atoms with Crippen LogP contribution in [-0.4, -0.2) is 25.8 Å². The van der Waals surface area contributed by atoms with E-state index >= 15 is 0 Å². The highest BCUT2D eigenvalue weighted by molar-refractivity contribution is 7.85. The van der Waals surface area contributed by atoms with Crippen molar-refractivity contribution in [2.75, 3.05) is 12.8 Å². The molecule has 0 bridgehead atoms. The first kappa shape index (κ1) is 15.8. The third kappa shape index (κ3) is 22.5. The molecule has 0 aromatic rings. The van der Waals surface area contributed by atoms with Crippen molar-refractivity contribution in [2.45, 2.75) is 12.8 Å². The fourth-order valence-corrected chi connectivity index (χ4v) is 0.760. The first-order valence-electron chi connectivity index (χ1n) is 4.19. The van der Waals surface area contributed by atoms with Crippen LogP contribution >= 0.6 is 0 Å². The molecule has 0 spiro atoms. The summed E-state index contributed by atoms with van der Waals surface area (Å²) in [5, 5.41) is 0. The van der Waals surface area contributed by atoms with Crippen molar-refractivity contribution < 1.29 is 13.0 Å². The van der Waals surface area contributed by atoms with Gasteiger partial charge in [-0.1, -0.05) is 12.2 Å². The molecule has 0 heterocycles. The largest absolute Gasteiger partial charge is 0.330 e. The van der Waals surface area contributed by atoms with Crippen LogP contribution in [0.2, 0.25) is 0 Å². The molecular formula is C9H19NO3S. The normalized spacial score (nSPS) is 10.3. The molecule has 84 valence electrons. The molecule has 0 unspecified atom stereocenters. The molecule has 3 N–H and O–H groups in total. The van der Waals surface area contributed by atoms with E-state index in [1.165, 1.54) is 0 Å². The van der Waals surface area contributed by atoms with Crippen molar-refractivity contribution in [3.8, 4) is 0 Å². The van der Waals surface area contributed by atoms with E-state index in [1.807, 2.05) is 12.2 Å². The van der Waals surface area contributed by atoms with Gasteiger partial charge in [0.05, 0.1) is 6.26 Å². The number of hydrogen-bond acceptors (Lipinski definition) is 3. The van der Waals surface area contributed by atoms with Crippen molar-refractivity contribution >= 4 is 10.1 Å². The molecule has 5 heteroatoms. The Labute approximate surface area is 86.3 Å². The topological polar surface area (TPSA) is 80.4 Å². The Hall–Kier alpha value is -0.650. The summed E-state index contributed by atoms with van der Waals surface area (Å²) in [6, 6.07) is 0. The highest BCUT2D eigenvalue weighted by atomic mass is 32.2. The maximum atomic E-state index is 9.19. The highest BCUT2D eigenvalue weighted by Crippen LogP contribution is 2.06. The first-order valence-corrected chi connectivity index (χ1v) is 6.04. The van der Waals surface area contributed by atoms with Gasteiger partial charge in [-0.15, -0.1) is 13.2 Å². The fourth-order valence-electron chi connectivity index (χ4n) is 0.760. The predicted molar refractivity (Wildman–Crippen MR) is 59.6 cm³/mol. The molecule has 0 rings (SSSR count). The number of allylic oxidation sites excluding steroid dienone is 2. The van der Waals surface area contributed by atoms with Crippen LogP contribution in [0.5, 0.6) is 0 Å². The van der Waals surface area contributed by atoms with Crippen molar-refractivity contribution in [3.63, 3.8) is 0 Å². The molecule has 0 fully saturated rings. The second-order valence-corrected chi connectivity index (χ2v) is 4.35. The van der Waals surface area contributed by atoms with Crippen LogP contribution in [-0.2, 0) is 10.1 Å². The minimum absolute atomic E-state index is 0.556. The molecule has 0 atom stereocenters. The molecule has 0 saturated carbocycles.